The van der Waals surface area contributed by atoms with E-state index >= 15 is 0 Å². The molecule has 2 fully saturated rings. The van der Waals surface area contributed by atoms with Crippen molar-refractivity contribution < 1.29 is 19.5 Å². The molecule has 0 saturated carbocycles. The minimum atomic E-state index is -1.75. The standard InChI is InChI=1S/C16H17BrN2O4S/c1-15(2)16(14(22)23,19-12(21)11(17)13(19)24-15)18-10(20)8-9-6-4-3-5-7-9/h3-7,11,13H,8H2,1-2H3,(H,18,20)(H,22,23)/t11-,13-,16+/m1/s1. The second kappa shape index (κ2) is 5.77. The van der Waals surface area contributed by atoms with Crippen molar-refractivity contribution >= 4 is 45.5 Å². The summed E-state index contributed by atoms with van der Waals surface area (Å²) >= 11 is 4.66. The summed E-state index contributed by atoms with van der Waals surface area (Å²) < 4.78 is -0.867. The molecule has 3 rings (SSSR count). The van der Waals surface area contributed by atoms with Crippen LogP contribution >= 0.6 is 27.7 Å². The lowest BCUT2D eigenvalue weighted by Gasteiger charge is -2.48. The minimum Gasteiger partial charge on any atom is -0.478 e. The van der Waals surface area contributed by atoms with Gasteiger partial charge in [-0.2, -0.15) is 0 Å². The summed E-state index contributed by atoms with van der Waals surface area (Å²) in [4.78, 5) is 37.7. The van der Waals surface area contributed by atoms with Crippen molar-refractivity contribution in [3.8, 4) is 0 Å². The van der Waals surface area contributed by atoms with Gasteiger partial charge >= 0.3 is 5.97 Å². The molecule has 1 aromatic rings. The molecule has 3 atom stereocenters. The molecule has 6 nitrogen and oxygen atoms in total. The first-order chi connectivity index (χ1) is 11.2. The normalized spacial score (nSPS) is 30.5. The molecule has 2 aliphatic rings. The van der Waals surface area contributed by atoms with Gasteiger partial charge in [0.1, 0.15) is 10.2 Å². The van der Waals surface area contributed by atoms with Crippen LogP contribution in [0.1, 0.15) is 19.4 Å². The maximum atomic E-state index is 12.5. The first kappa shape index (κ1) is 17.3. The Kier molecular flexibility index (Phi) is 4.16. The Hall–Kier alpha value is -1.54. The number of carbonyl (C=O) groups is 3. The average Bonchev–Trinajstić information content (AvgIpc) is 2.74. The highest BCUT2D eigenvalue weighted by Gasteiger charge is 2.73. The lowest BCUT2D eigenvalue weighted by molar-refractivity contribution is -0.172. The third kappa shape index (κ3) is 2.35. The number of halogens is 1. The van der Waals surface area contributed by atoms with E-state index in [1.54, 1.807) is 26.0 Å². The number of rotatable bonds is 4. The number of thioether (sulfide) groups is 1. The van der Waals surface area contributed by atoms with Crippen LogP contribution < -0.4 is 5.32 Å². The van der Waals surface area contributed by atoms with Crippen molar-refractivity contribution in [3.63, 3.8) is 0 Å². The maximum absolute atomic E-state index is 12.5. The number of hydrogen-bond donors (Lipinski definition) is 2. The van der Waals surface area contributed by atoms with E-state index in [0.29, 0.717) is 0 Å². The summed E-state index contributed by atoms with van der Waals surface area (Å²) in [6.07, 6.45) is 0.0566. The molecular weight excluding hydrogens is 396 g/mol. The van der Waals surface area contributed by atoms with Crippen molar-refractivity contribution in [1.82, 2.24) is 10.2 Å². The van der Waals surface area contributed by atoms with Gasteiger partial charge in [0.2, 0.25) is 17.5 Å². The quantitative estimate of drug-likeness (QED) is 0.578. The van der Waals surface area contributed by atoms with E-state index in [-0.39, 0.29) is 17.7 Å². The zero-order chi connectivity index (χ0) is 17.7. The molecule has 0 radical (unpaired) electrons. The Bertz CT molecular complexity index is 711. The molecule has 0 bridgehead atoms. The number of carboxylic acids is 1. The fourth-order valence-electron chi connectivity index (χ4n) is 3.23. The molecule has 2 aliphatic heterocycles. The molecular formula is C16H17BrN2O4S. The van der Waals surface area contributed by atoms with E-state index in [2.05, 4.69) is 21.2 Å². The van der Waals surface area contributed by atoms with Crippen LogP contribution in [-0.2, 0) is 20.8 Å². The van der Waals surface area contributed by atoms with Crippen LogP contribution in [0, 0.1) is 0 Å². The molecule has 2 amide bonds. The molecule has 0 aliphatic carbocycles. The molecule has 0 spiro atoms. The Balaban J connectivity index is 1.90. The lowest BCUT2D eigenvalue weighted by atomic mass is 9.89. The maximum Gasteiger partial charge on any atom is 0.352 e. The number of fused-ring (bicyclic) bond motifs is 1. The van der Waals surface area contributed by atoms with Gasteiger partial charge in [-0.1, -0.05) is 46.3 Å². The molecule has 2 N–H and O–H groups in total. The second-order valence-electron chi connectivity index (χ2n) is 6.35. The highest BCUT2D eigenvalue weighted by molar-refractivity contribution is 9.10. The molecule has 1 aromatic carbocycles. The minimum absolute atomic E-state index is 0.0566. The molecule has 2 saturated heterocycles. The number of β-lactam (4-membered cyclic amide) rings is 1. The fourth-order valence-corrected chi connectivity index (χ4v) is 5.62. The largest absolute Gasteiger partial charge is 0.478 e. The van der Waals surface area contributed by atoms with Crippen molar-refractivity contribution in [3.05, 3.63) is 35.9 Å². The number of carboxylic acid groups (broad SMARTS) is 1. The fraction of sp³-hybridized carbons (Fsp3) is 0.438. The topological polar surface area (TPSA) is 86.7 Å². The van der Waals surface area contributed by atoms with Crippen molar-refractivity contribution in [1.29, 1.82) is 0 Å². The van der Waals surface area contributed by atoms with Gasteiger partial charge in [-0.05, 0) is 19.4 Å². The third-order valence-corrected chi connectivity index (χ3v) is 7.32. The van der Waals surface area contributed by atoms with E-state index < -0.39 is 27.1 Å². The van der Waals surface area contributed by atoms with Gasteiger partial charge in [-0.25, -0.2) is 4.79 Å². The zero-order valence-corrected chi connectivity index (χ0v) is 15.6. The molecule has 8 heteroatoms. The SMILES string of the molecule is CC1(C)S[C@@H]2[C@H](Br)C(=O)N2[C@@]1(NC(=O)Cc1ccccc1)C(=O)O. The average molecular weight is 413 g/mol. The summed E-state index contributed by atoms with van der Waals surface area (Å²) in [7, 11) is 0. The van der Waals surface area contributed by atoms with E-state index in [9.17, 15) is 19.5 Å². The Morgan fingerprint density at radius 1 is 1.33 bits per heavy atom. The van der Waals surface area contributed by atoms with Crippen molar-refractivity contribution in [2.45, 2.75) is 40.9 Å². The summed E-state index contributed by atoms with van der Waals surface area (Å²) in [5, 5.41) is 12.2. The van der Waals surface area contributed by atoms with Crippen molar-refractivity contribution in [2.75, 3.05) is 0 Å². The van der Waals surface area contributed by atoms with Gasteiger partial charge in [0.05, 0.1) is 11.2 Å². The summed E-state index contributed by atoms with van der Waals surface area (Å²) in [6, 6.07) is 9.07. The van der Waals surface area contributed by atoms with Gasteiger partial charge < -0.3 is 10.4 Å². The number of benzene rings is 1. The number of alkyl halides is 1. The van der Waals surface area contributed by atoms with Crippen LogP contribution in [0.4, 0.5) is 0 Å². The Labute approximate surface area is 152 Å². The van der Waals surface area contributed by atoms with Gasteiger partial charge in [-0.3, -0.25) is 14.5 Å². The van der Waals surface area contributed by atoms with E-state index in [1.807, 2.05) is 18.2 Å². The predicted octanol–water partition coefficient (Wildman–Crippen LogP) is 1.58. The third-order valence-electron chi connectivity index (χ3n) is 4.46. The lowest BCUT2D eigenvalue weighted by Crippen LogP contribution is -2.77. The molecule has 2 heterocycles. The molecule has 128 valence electrons. The summed E-state index contributed by atoms with van der Waals surface area (Å²) in [5.41, 5.74) is -0.973. The second-order valence-corrected chi connectivity index (χ2v) is 9.08. The van der Waals surface area contributed by atoms with Crippen LogP contribution in [-0.4, -0.2) is 48.4 Å². The Morgan fingerprint density at radius 2 is 1.96 bits per heavy atom. The van der Waals surface area contributed by atoms with Gasteiger partial charge in [-0.15, -0.1) is 11.8 Å². The Morgan fingerprint density at radius 3 is 2.54 bits per heavy atom. The molecule has 0 unspecified atom stereocenters. The summed E-state index contributed by atoms with van der Waals surface area (Å²) in [5.74, 6) is -1.97. The number of nitrogens with zero attached hydrogens (tertiary/aromatic N) is 1. The summed E-state index contributed by atoms with van der Waals surface area (Å²) in [6.45, 7) is 3.47. The molecule has 24 heavy (non-hydrogen) atoms. The van der Waals surface area contributed by atoms with Crippen molar-refractivity contribution in [2.24, 2.45) is 0 Å². The van der Waals surface area contributed by atoms with E-state index in [1.165, 1.54) is 16.7 Å². The highest BCUT2D eigenvalue weighted by atomic mass is 79.9. The smallest absolute Gasteiger partial charge is 0.352 e. The number of amides is 2. The number of hydrogen-bond acceptors (Lipinski definition) is 4. The van der Waals surface area contributed by atoms with Gasteiger partial charge in [0.15, 0.2) is 0 Å². The monoisotopic (exact) mass is 412 g/mol. The number of nitrogens with one attached hydrogen (secondary N) is 1. The first-order valence-corrected chi connectivity index (χ1v) is 9.23. The van der Waals surface area contributed by atoms with Gasteiger partial charge in [0.25, 0.3) is 0 Å². The van der Waals surface area contributed by atoms with Crippen LogP contribution in [0.2, 0.25) is 0 Å². The predicted molar refractivity (Wildman–Crippen MR) is 93.7 cm³/mol. The van der Waals surface area contributed by atoms with E-state index in [4.69, 9.17) is 0 Å². The van der Waals surface area contributed by atoms with E-state index in [0.717, 1.165) is 5.56 Å². The van der Waals surface area contributed by atoms with Crippen LogP contribution in [0.15, 0.2) is 30.3 Å². The van der Waals surface area contributed by atoms with Crippen LogP contribution in [0.25, 0.3) is 0 Å². The molecule has 0 aromatic heterocycles. The highest BCUT2D eigenvalue weighted by Crippen LogP contribution is 2.57. The zero-order valence-electron chi connectivity index (χ0n) is 13.2. The van der Waals surface area contributed by atoms with Gasteiger partial charge in [0, 0.05) is 0 Å². The number of aliphatic carboxylic acids is 1. The number of carbonyl (C=O) groups excluding carboxylic acids is 2. The first-order valence-electron chi connectivity index (χ1n) is 7.44. The van der Waals surface area contributed by atoms with Crippen LogP contribution in [0.3, 0.4) is 0 Å². The van der Waals surface area contributed by atoms with Crippen LogP contribution in [0.5, 0.6) is 0 Å².